The van der Waals surface area contributed by atoms with Gasteiger partial charge < -0.3 is 9.53 Å². The Bertz CT molecular complexity index is 180. The van der Waals surface area contributed by atoms with Gasteiger partial charge in [-0.2, -0.15) is 0 Å². The molecule has 4 heteroatoms. The fraction of sp³-hybridized carbons (Fsp3) is 0.667. The van der Waals surface area contributed by atoms with Crippen LogP contribution in [0.4, 0.5) is 0 Å². The number of rotatable bonds is 7. The van der Waals surface area contributed by atoms with Gasteiger partial charge in [-0.3, -0.25) is 0 Å². The molecule has 1 N–H and O–H groups in total. The van der Waals surface area contributed by atoms with Crippen LogP contribution in [0.15, 0.2) is 12.2 Å². The molecular weight excluding hydrogens is 184 g/mol. The Morgan fingerprint density at radius 1 is 1.69 bits per heavy atom. The van der Waals surface area contributed by atoms with E-state index in [0.717, 1.165) is 13.0 Å². The van der Waals surface area contributed by atoms with Crippen LogP contribution in [-0.2, 0) is 9.22 Å². The second-order valence-corrected chi connectivity index (χ2v) is 5.35. The summed E-state index contributed by atoms with van der Waals surface area (Å²) < 4.78 is 5.35. The summed E-state index contributed by atoms with van der Waals surface area (Å²) in [6.45, 7) is 8.35. The largest absolute Gasteiger partial charge is 0.478 e. The molecule has 0 aromatic rings. The van der Waals surface area contributed by atoms with E-state index in [9.17, 15) is 4.79 Å². The third-order valence-corrected chi connectivity index (χ3v) is 3.47. The van der Waals surface area contributed by atoms with E-state index in [1.165, 1.54) is 0 Å². The molecule has 0 aromatic heterocycles. The van der Waals surface area contributed by atoms with Crippen LogP contribution in [0, 0.1) is 0 Å². The molecule has 0 aliphatic heterocycles. The van der Waals surface area contributed by atoms with Gasteiger partial charge in [0.25, 0.3) is 0 Å². The van der Waals surface area contributed by atoms with Crippen LogP contribution in [0.3, 0.4) is 0 Å². The van der Waals surface area contributed by atoms with E-state index < -0.39 is 15.7 Å². The smallest absolute Gasteiger partial charge is 0.330 e. The van der Waals surface area contributed by atoms with E-state index in [4.69, 9.17) is 9.53 Å². The van der Waals surface area contributed by atoms with Crippen LogP contribution >= 0.6 is 0 Å². The number of aliphatic carboxylic acids is 1. The Morgan fingerprint density at radius 2 is 2.31 bits per heavy atom. The molecule has 0 heterocycles. The van der Waals surface area contributed by atoms with Gasteiger partial charge in [0.2, 0.25) is 0 Å². The van der Waals surface area contributed by atoms with Crippen molar-refractivity contribution in [1.82, 2.24) is 0 Å². The van der Waals surface area contributed by atoms with Crippen LogP contribution in [0.2, 0.25) is 5.54 Å². The molecule has 0 amide bonds. The van der Waals surface area contributed by atoms with Gasteiger partial charge >= 0.3 is 5.97 Å². The van der Waals surface area contributed by atoms with E-state index in [1.807, 2.05) is 6.92 Å². The molecule has 0 aliphatic rings. The van der Waals surface area contributed by atoms with Crippen molar-refractivity contribution in [1.29, 1.82) is 0 Å². The molecule has 0 radical (unpaired) electrons. The lowest BCUT2D eigenvalue weighted by Gasteiger charge is -2.09. The molecule has 0 saturated heterocycles. The number of hydrogen-bond donors (Lipinski definition) is 1. The van der Waals surface area contributed by atoms with Crippen molar-refractivity contribution in [3.8, 4) is 0 Å². The second kappa shape index (κ2) is 6.86. The van der Waals surface area contributed by atoms with Crippen molar-refractivity contribution in [2.75, 3.05) is 6.61 Å². The van der Waals surface area contributed by atoms with Crippen LogP contribution in [0.5, 0.6) is 0 Å². The molecule has 0 fully saturated rings. The summed E-state index contributed by atoms with van der Waals surface area (Å²) in [6.07, 6.45) is 1.47. The van der Waals surface area contributed by atoms with Crippen molar-refractivity contribution in [3.63, 3.8) is 0 Å². The molecule has 3 nitrogen and oxygen atoms in total. The van der Waals surface area contributed by atoms with E-state index in [2.05, 4.69) is 13.5 Å². The molecule has 1 atom stereocenters. The summed E-state index contributed by atoms with van der Waals surface area (Å²) in [4.78, 5) is 10.4. The Labute approximate surface area is 81.7 Å². The molecule has 13 heavy (non-hydrogen) atoms. The predicted molar refractivity (Wildman–Crippen MR) is 55.6 cm³/mol. The Hall–Kier alpha value is -0.613. The number of carboxylic acids is 1. The molecule has 0 aliphatic carbocycles. The summed E-state index contributed by atoms with van der Waals surface area (Å²) in [5.74, 6) is -0.884. The Kier molecular flexibility index (Phi) is 6.53. The van der Waals surface area contributed by atoms with Crippen molar-refractivity contribution >= 4 is 15.7 Å². The first-order valence-corrected chi connectivity index (χ1v) is 5.96. The highest BCUT2D eigenvalue weighted by Crippen LogP contribution is 2.14. The van der Waals surface area contributed by atoms with Crippen LogP contribution < -0.4 is 0 Å². The summed E-state index contributed by atoms with van der Waals surface area (Å²) in [6, 6.07) is 0. The highest BCUT2D eigenvalue weighted by molar-refractivity contribution is 6.29. The summed E-state index contributed by atoms with van der Waals surface area (Å²) >= 11 is 0. The Balaban J connectivity index is 3.51. The van der Waals surface area contributed by atoms with Gasteiger partial charge in [-0.1, -0.05) is 13.5 Å². The van der Waals surface area contributed by atoms with Gasteiger partial charge in [0.05, 0.1) is 0 Å². The molecule has 0 spiro atoms. The predicted octanol–water partition coefficient (Wildman–Crippen LogP) is 1.34. The first-order chi connectivity index (χ1) is 6.07. The molecule has 0 rings (SSSR count). The fourth-order valence-corrected chi connectivity index (χ4v) is 1.94. The van der Waals surface area contributed by atoms with Crippen LogP contribution in [-0.4, -0.2) is 27.4 Å². The monoisotopic (exact) mass is 202 g/mol. The first-order valence-electron chi connectivity index (χ1n) is 4.56. The maximum atomic E-state index is 10.4. The molecule has 1 unspecified atom stereocenters. The average molecular weight is 202 g/mol. The lowest BCUT2D eigenvalue weighted by molar-refractivity contribution is -0.132. The van der Waals surface area contributed by atoms with Crippen LogP contribution in [0.25, 0.3) is 0 Å². The summed E-state index contributed by atoms with van der Waals surface area (Å²) in [5, 5.41) is 8.55. The third-order valence-electron chi connectivity index (χ3n) is 1.85. The van der Waals surface area contributed by atoms with E-state index in [1.54, 1.807) is 0 Å². The molecule has 0 saturated carbocycles. The van der Waals surface area contributed by atoms with Crippen molar-refractivity contribution in [2.45, 2.75) is 32.2 Å². The minimum absolute atomic E-state index is 0.303. The third kappa shape index (κ3) is 6.54. The van der Waals surface area contributed by atoms with Gasteiger partial charge in [-0.05, 0) is 25.3 Å². The zero-order valence-corrected chi connectivity index (χ0v) is 9.79. The lowest BCUT2D eigenvalue weighted by Crippen LogP contribution is -2.07. The number of hydrogen-bond acceptors (Lipinski definition) is 2. The van der Waals surface area contributed by atoms with E-state index >= 15 is 0 Å². The number of carbonyl (C=O) groups is 1. The van der Waals surface area contributed by atoms with Crippen molar-refractivity contribution in [3.05, 3.63) is 12.2 Å². The highest BCUT2D eigenvalue weighted by Gasteiger charge is 2.07. The summed E-state index contributed by atoms with van der Waals surface area (Å²) in [7, 11) is -0.466. The van der Waals surface area contributed by atoms with Crippen molar-refractivity contribution < 1.29 is 14.3 Å². The molecular formula is C9H18O3Si. The maximum absolute atomic E-state index is 10.4. The van der Waals surface area contributed by atoms with E-state index in [0.29, 0.717) is 17.5 Å². The summed E-state index contributed by atoms with van der Waals surface area (Å²) in [5.41, 5.74) is 0.841. The van der Waals surface area contributed by atoms with E-state index in [-0.39, 0.29) is 0 Å². The van der Waals surface area contributed by atoms with Gasteiger partial charge in [-0.25, -0.2) is 4.79 Å². The molecule has 0 bridgehead atoms. The average Bonchev–Trinajstić information content (AvgIpc) is 2.10. The van der Waals surface area contributed by atoms with Gasteiger partial charge in [0.15, 0.2) is 9.76 Å². The van der Waals surface area contributed by atoms with Gasteiger partial charge in [0.1, 0.15) is 0 Å². The van der Waals surface area contributed by atoms with Crippen molar-refractivity contribution in [2.24, 2.45) is 0 Å². The minimum atomic E-state index is -0.884. The fourth-order valence-electron chi connectivity index (χ4n) is 0.930. The zero-order valence-electron chi connectivity index (χ0n) is 8.38. The minimum Gasteiger partial charge on any atom is -0.478 e. The lowest BCUT2D eigenvalue weighted by atomic mass is 10.1. The maximum Gasteiger partial charge on any atom is 0.330 e. The highest BCUT2D eigenvalue weighted by atomic mass is 28.2. The molecule has 76 valence electrons. The normalized spacial score (nSPS) is 13.4. The van der Waals surface area contributed by atoms with Crippen LogP contribution in [0.1, 0.15) is 26.7 Å². The standard InChI is InChI=1S/C9H18O3Si/c1-4-12-13-8(3)6-5-7(2)9(10)11/h8H,2,4-6,13H2,1,3H3,(H,10,11). The number of carboxylic acid groups (broad SMARTS) is 1. The second-order valence-electron chi connectivity index (χ2n) is 3.21. The molecule has 0 aromatic carbocycles. The van der Waals surface area contributed by atoms with Gasteiger partial charge in [0, 0.05) is 12.2 Å². The SMILES string of the molecule is C=C(CCC(C)[SiH2]OCC)C(=O)O. The topological polar surface area (TPSA) is 46.5 Å². The quantitative estimate of drug-likeness (QED) is 0.500. The Morgan fingerprint density at radius 3 is 2.77 bits per heavy atom. The first kappa shape index (κ1) is 12.4. The van der Waals surface area contributed by atoms with Gasteiger partial charge in [-0.15, -0.1) is 0 Å². The zero-order chi connectivity index (χ0) is 10.3.